The average molecular weight is 938 g/mol. The van der Waals surface area contributed by atoms with Crippen molar-refractivity contribution in [3.63, 3.8) is 0 Å². The van der Waals surface area contributed by atoms with Crippen LogP contribution in [-0.2, 0) is 9.47 Å². The molecule has 64 heavy (non-hydrogen) atoms. The highest BCUT2D eigenvalue weighted by Crippen LogP contribution is 2.52. The Hall–Kier alpha value is -4.32. The molecule has 0 saturated carbocycles. The van der Waals surface area contributed by atoms with Crippen molar-refractivity contribution >= 4 is 68.9 Å². The number of thiophene rings is 1. The van der Waals surface area contributed by atoms with E-state index < -0.39 is 49.2 Å². The Balaban J connectivity index is 1.36. The SMILES string of the molecule is CC(C)[Si](C#C[C@H]1COc2c(Cl)c(-c3ccc(F)c4sc(NC(=O)OC(C)(C)C)c(C#N)c34)c(F)c3nc(OC[C@@]45CCCN4C[C@H](F)C5)nc(c23)N1C1CCOC1)(C(C)C)C(C)C. The molecule has 1 amide bonds. The number of hydrogen-bond donors (Lipinski definition) is 1. The second-order valence-corrected chi connectivity index (χ2v) is 26.5. The first-order valence-electron chi connectivity index (χ1n) is 22.2. The molecule has 8 rings (SSSR count). The van der Waals surface area contributed by atoms with Gasteiger partial charge in [-0.15, -0.1) is 16.9 Å². The Labute approximate surface area is 382 Å². The molecular formula is C47H56ClF3N6O5SSi. The van der Waals surface area contributed by atoms with Crippen LogP contribution in [0.5, 0.6) is 11.8 Å². The molecule has 4 aliphatic rings. The summed E-state index contributed by atoms with van der Waals surface area (Å²) in [5.74, 6) is 2.53. The van der Waals surface area contributed by atoms with Crippen molar-refractivity contribution in [2.24, 2.45) is 0 Å². The monoisotopic (exact) mass is 936 g/mol. The number of aromatic nitrogens is 2. The summed E-state index contributed by atoms with van der Waals surface area (Å²) in [4.78, 5) is 26.9. The van der Waals surface area contributed by atoms with E-state index in [1.165, 1.54) is 12.1 Å². The summed E-state index contributed by atoms with van der Waals surface area (Å²) in [6.07, 6.45) is 0.749. The van der Waals surface area contributed by atoms with Crippen LogP contribution in [0.25, 0.3) is 32.1 Å². The largest absolute Gasteiger partial charge is 0.488 e. The van der Waals surface area contributed by atoms with Gasteiger partial charge in [0.1, 0.15) is 67.3 Å². The summed E-state index contributed by atoms with van der Waals surface area (Å²) in [7, 11) is -2.27. The van der Waals surface area contributed by atoms with Crippen LogP contribution in [-0.4, -0.2) is 97.9 Å². The predicted octanol–water partition coefficient (Wildman–Crippen LogP) is 11.2. The second-order valence-electron chi connectivity index (χ2n) is 19.5. The van der Waals surface area contributed by atoms with Crippen LogP contribution in [0.15, 0.2) is 12.1 Å². The zero-order valence-electron chi connectivity index (χ0n) is 37.9. The standard InChI is InChI=1S/C47H56ClF3N6O5SSi/c1-25(2)64(26(3)4,27(5)6)18-14-30-23-60-40-36-39(53-44(54-42(36)57(30)29-13-17-59-22-29)61-24-47-15-10-16-56(47)21-28(49)19-47)38(51)35(37(40)48)31-11-12-33(50)41-34(31)32(20-52)43(63-41)55-45(58)62-46(7,8)9/h11-12,25-30H,10,13,15-17,19,21-24H2,1-9H3,(H,55,58)/t28-,29?,30+,47+/m1/s1. The van der Waals surface area contributed by atoms with E-state index in [-0.39, 0.29) is 78.7 Å². The number of ether oxygens (including phenoxy) is 4. The van der Waals surface area contributed by atoms with Gasteiger partial charge in [-0.25, -0.2) is 18.0 Å². The molecule has 11 nitrogen and oxygen atoms in total. The summed E-state index contributed by atoms with van der Waals surface area (Å²) in [5.41, 5.74) is 3.13. The van der Waals surface area contributed by atoms with Crippen molar-refractivity contribution in [1.29, 1.82) is 5.26 Å². The van der Waals surface area contributed by atoms with E-state index in [4.69, 9.17) is 40.5 Å². The smallest absolute Gasteiger partial charge is 0.412 e. The summed E-state index contributed by atoms with van der Waals surface area (Å²) >= 11 is 8.19. The fourth-order valence-electron chi connectivity index (χ4n) is 10.8. The lowest BCUT2D eigenvalue weighted by atomic mass is 9.95. The van der Waals surface area contributed by atoms with Gasteiger partial charge in [-0.05, 0) is 74.8 Å². The molecule has 4 aliphatic heterocycles. The molecule has 0 bridgehead atoms. The van der Waals surface area contributed by atoms with E-state index in [1.807, 2.05) is 0 Å². The van der Waals surface area contributed by atoms with E-state index in [0.717, 1.165) is 30.7 Å². The maximum Gasteiger partial charge on any atom is 0.412 e. The molecule has 0 radical (unpaired) electrons. The van der Waals surface area contributed by atoms with Crippen molar-refractivity contribution in [2.45, 2.75) is 134 Å². The van der Waals surface area contributed by atoms with E-state index in [2.05, 4.69) is 74.2 Å². The number of hydrogen-bond acceptors (Lipinski definition) is 11. The van der Waals surface area contributed by atoms with Crippen LogP contribution in [0.1, 0.15) is 93.6 Å². The first kappa shape index (κ1) is 46.2. The number of benzene rings is 2. The number of nitrogens with one attached hydrogen (secondary N) is 1. The topological polar surface area (TPSA) is 122 Å². The average Bonchev–Trinajstić information content (AvgIpc) is 3.99. The number of alkyl halides is 1. The van der Waals surface area contributed by atoms with Gasteiger partial charge in [-0.2, -0.15) is 15.2 Å². The fourth-order valence-corrected chi connectivity index (χ4v) is 17.5. The van der Waals surface area contributed by atoms with Crippen LogP contribution < -0.4 is 19.7 Å². The zero-order chi connectivity index (χ0) is 46.0. The molecular weight excluding hydrogens is 881 g/mol. The lowest BCUT2D eigenvalue weighted by molar-refractivity contribution is 0.0636. The molecule has 3 fully saturated rings. The van der Waals surface area contributed by atoms with Crippen molar-refractivity contribution < 1.29 is 36.9 Å². The third-order valence-corrected chi connectivity index (χ3v) is 21.3. The first-order valence-corrected chi connectivity index (χ1v) is 25.6. The molecule has 342 valence electrons. The van der Waals surface area contributed by atoms with Gasteiger partial charge >= 0.3 is 12.1 Å². The minimum atomic E-state index is -2.27. The molecule has 2 aromatic carbocycles. The van der Waals surface area contributed by atoms with Gasteiger partial charge in [-0.3, -0.25) is 10.2 Å². The van der Waals surface area contributed by atoms with Gasteiger partial charge in [-0.1, -0.05) is 65.1 Å². The van der Waals surface area contributed by atoms with E-state index in [1.54, 1.807) is 20.8 Å². The molecule has 3 saturated heterocycles. The first-order chi connectivity index (χ1) is 30.3. The van der Waals surface area contributed by atoms with Crippen molar-refractivity contribution in [2.75, 3.05) is 49.7 Å². The number of nitriles is 1. The molecule has 6 heterocycles. The Morgan fingerprint density at radius 3 is 2.52 bits per heavy atom. The molecule has 0 aliphatic carbocycles. The molecule has 4 atom stereocenters. The van der Waals surface area contributed by atoms with Gasteiger partial charge in [0.15, 0.2) is 11.6 Å². The number of carbonyl (C=O) groups is 1. The Morgan fingerprint density at radius 2 is 1.86 bits per heavy atom. The number of carbonyl (C=O) groups excluding carboxylic acids is 1. The normalized spacial score (nSPS) is 22.5. The van der Waals surface area contributed by atoms with Gasteiger partial charge in [0.2, 0.25) is 0 Å². The summed E-state index contributed by atoms with van der Waals surface area (Å²) in [5, 5.41) is 13.3. The Morgan fingerprint density at radius 1 is 1.12 bits per heavy atom. The molecule has 17 heteroatoms. The highest BCUT2D eigenvalue weighted by atomic mass is 35.5. The van der Waals surface area contributed by atoms with Crippen LogP contribution in [0.3, 0.4) is 0 Å². The predicted molar refractivity (Wildman–Crippen MR) is 248 cm³/mol. The number of halogens is 4. The minimum Gasteiger partial charge on any atom is -0.488 e. The van der Waals surface area contributed by atoms with E-state index >= 15 is 8.78 Å². The van der Waals surface area contributed by atoms with Gasteiger partial charge in [0, 0.05) is 30.5 Å². The molecule has 1 unspecified atom stereocenters. The van der Waals surface area contributed by atoms with E-state index in [9.17, 15) is 14.4 Å². The van der Waals surface area contributed by atoms with Crippen LogP contribution in [0, 0.1) is 34.4 Å². The van der Waals surface area contributed by atoms with Crippen LogP contribution >= 0.6 is 22.9 Å². The van der Waals surface area contributed by atoms with Gasteiger partial charge in [0.25, 0.3) is 0 Å². The molecule has 0 spiro atoms. The summed E-state index contributed by atoms with van der Waals surface area (Å²) in [6, 6.07) is 3.70. The zero-order valence-corrected chi connectivity index (χ0v) is 40.5. The van der Waals surface area contributed by atoms with Crippen LogP contribution in [0.2, 0.25) is 21.6 Å². The van der Waals surface area contributed by atoms with Crippen molar-refractivity contribution in [1.82, 2.24) is 14.9 Å². The molecule has 1 N–H and O–H groups in total. The maximum absolute atomic E-state index is 18.0. The number of rotatable bonds is 9. The minimum absolute atomic E-state index is 0.00573. The fraction of sp³-hybridized carbons (Fsp3) is 0.574. The van der Waals surface area contributed by atoms with Gasteiger partial charge in [0.05, 0.1) is 38.9 Å². The molecule has 4 aromatic rings. The lowest BCUT2D eigenvalue weighted by Crippen LogP contribution is -2.48. The summed E-state index contributed by atoms with van der Waals surface area (Å²) < 4.78 is 73.3. The van der Waals surface area contributed by atoms with Crippen LogP contribution in [0.4, 0.5) is 28.8 Å². The Kier molecular flexibility index (Phi) is 12.6. The number of amides is 1. The highest BCUT2D eigenvalue weighted by Gasteiger charge is 2.50. The highest BCUT2D eigenvalue weighted by molar-refractivity contribution is 7.23. The number of nitrogens with zero attached hydrogens (tertiary/aromatic N) is 5. The number of fused-ring (bicyclic) bond motifs is 2. The Bertz CT molecular complexity index is 2580. The van der Waals surface area contributed by atoms with E-state index in [0.29, 0.717) is 55.0 Å². The number of anilines is 2. The molecule has 2 aromatic heterocycles. The van der Waals surface area contributed by atoms with Crippen molar-refractivity contribution in [3.8, 4) is 40.4 Å². The summed E-state index contributed by atoms with van der Waals surface area (Å²) in [6.45, 7) is 20.6. The lowest BCUT2D eigenvalue weighted by Gasteiger charge is -2.39. The van der Waals surface area contributed by atoms with Gasteiger partial charge < -0.3 is 23.8 Å². The third kappa shape index (κ3) is 8.05. The quantitative estimate of drug-likeness (QED) is 0.128. The maximum atomic E-state index is 18.0. The second kappa shape index (κ2) is 17.5. The van der Waals surface area contributed by atoms with Crippen molar-refractivity contribution in [3.05, 3.63) is 34.4 Å². The third-order valence-electron chi connectivity index (χ3n) is 13.5.